The summed E-state index contributed by atoms with van der Waals surface area (Å²) in [6.45, 7) is 4.77. The summed E-state index contributed by atoms with van der Waals surface area (Å²) in [6.07, 6.45) is 0. The Morgan fingerprint density at radius 3 is 2.46 bits per heavy atom. The van der Waals surface area contributed by atoms with Crippen LogP contribution in [0.25, 0.3) is 0 Å². The Morgan fingerprint density at radius 1 is 1.12 bits per heavy atom. The highest BCUT2D eigenvalue weighted by molar-refractivity contribution is 7.12. The van der Waals surface area contributed by atoms with Crippen LogP contribution in [0.15, 0.2) is 41.8 Å². The van der Waals surface area contributed by atoms with E-state index in [-0.39, 0.29) is 17.9 Å². The van der Waals surface area contributed by atoms with E-state index in [1.54, 1.807) is 0 Å². The third-order valence-electron chi connectivity index (χ3n) is 4.69. The van der Waals surface area contributed by atoms with E-state index in [0.29, 0.717) is 32.7 Å². The molecular formula is C19H23ClN3O2S+. The highest BCUT2D eigenvalue weighted by atomic mass is 35.5. The SMILES string of the molecule is C[C@@H]([NH2+]CC(=O)N1CCN(C(=O)c2cccs2)CC1)c1ccccc1Cl. The maximum absolute atomic E-state index is 12.5. The van der Waals surface area contributed by atoms with E-state index in [2.05, 4.69) is 0 Å². The number of halogens is 1. The summed E-state index contributed by atoms with van der Waals surface area (Å²) < 4.78 is 0. The first kappa shape index (κ1) is 18.9. The maximum atomic E-state index is 12.5. The first-order valence-corrected chi connectivity index (χ1v) is 10.0. The Bertz CT molecular complexity index is 758. The molecule has 0 spiro atoms. The Labute approximate surface area is 162 Å². The lowest BCUT2D eigenvalue weighted by Crippen LogP contribution is -2.87. The Kier molecular flexibility index (Phi) is 6.29. The van der Waals surface area contributed by atoms with Crippen molar-refractivity contribution < 1.29 is 14.9 Å². The van der Waals surface area contributed by atoms with Crippen LogP contribution in [-0.2, 0) is 4.79 Å². The quantitative estimate of drug-likeness (QED) is 0.846. The summed E-state index contributed by atoms with van der Waals surface area (Å²) in [4.78, 5) is 29.3. The summed E-state index contributed by atoms with van der Waals surface area (Å²) >= 11 is 7.67. The fourth-order valence-corrected chi connectivity index (χ4v) is 4.09. The Balaban J connectivity index is 1.46. The van der Waals surface area contributed by atoms with Crippen molar-refractivity contribution in [1.29, 1.82) is 0 Å². The number of thiophene rings is 1. The van der Waals surface area contributed by atoms with E-state index in [1.165, 1.54) is 11.3 Å². The van der Waals surface area contributed by atoms with Gasteiger partial charge in [-0.25, -0.2) is 0 Å². The molecule has 1 aliphatic rings. The van der Waals surface area contributed by atoms with E-state index in [9.17, 15) is 9.59 Å². The number of nitrogens with two attached hydrogens (primary N) is 1. The number of hydrogen-bond donors (Lipinski definition) is 1. The average molecular weight is 393 g/mol. The fourth-order valence-electron chi connectivity index (χ4n) is 3.09. The van der Waals surface area contributed by atoms with Crippen molar-refractivity contribution >= 4 is 34.8 Å². The normalized spacial score (nSPS) is 15.8. The number of hydrogen-bond acceptors (Lipinski definition) is 3. The summed E-state index contributed by atoms with van der Waals surface area (Å²) in [5, 5.41) is 4.64. The van der Waals surface area contributed by atoms with Crippen molar-refractivity contribution in [3.05, 3.63) is 57.2 Å². The van der Waals surface area contributed by atoms with Crippen molar-refractivity contribution in [2.45, 2.75) is 13.0 Å². The van der Waals surface area contributed by atoms with Gasteiger partial charge in [0.05, 0.1) is 4.88 Å². The van der Waals surface area contributed by atoms with Crippen molar-refractivity contribution in [3.63, 3.8) is 0 Å². The van der Waals surface area contributed by atoms with E-state index >= 15 is 0 Å². The molecule has 0 bridgehead atoms. The Morgan fingerprint density at radius 2 is 1.81 bits per heavy atom. The minimum absolute atomic E-state index is 0.0611. The van der Waals surface area contributed by atoms with Gasteiger partial charge < -0.3 is 15.1 Å². The molecule has 2 N–H and O–H groups in total. The minimum atomic E-state index is 0.0611. The number of piperazine rings is 1. The van der Waals surface area contributed by atoms with Gasteiger partial charge in [-0.15, -0.1) is 11.3 Å². The molecule has 1 aromatic heterocycles. The molecular weight excluding hydrogens is 370 g/mol. The smallest absolute Gasteiger partial charge is 0.277 e. The van der Waals surface area contributed by atoms with Crippen molar-refractivity contribution in [2.75, 3.05) is 32.7 Å². The monoisotopic (exact) mass is 392 g/mol. The topological polar surface area (TPSA) is 57.2 Å². The van der Waals surface area contributed by atoms with E-state index in [4.69, 9.17) is 11.6 Å². The molecule has 1 aromatic carbocycles. The summed E-state index contributed by atoms with van der Waals surface area (Å²) in [5.74, 6) is 0.165. The number of nitrogens with zero attached hydrogens (tertiary/aromatic N) is 2. The predicted octanol–water partition coefficient (Wildman–Crippen LogP) is 2.01. The summed E-state index contributed by atoms with van der Waals surface area (Å²) in [7, 11) is 0. The largest absolute Gasteiger partial charge is 0.334 e. The van der Waals surface area contributed by atoms with Gasteiger partial charge in [-0.05, 0) is 24.4 Å². The number of quaternary nitrogens is 1. The summed E-state index contributed by atoms with van der Waals surface area (Å²) in [6, 6.07) is 11.6. The lowest BCUT2D eigenvalue weighted by atomic mass is 10.1. The third-order valence-corrected chi connectivity index (χ3v) is 5.90. The van der Waals surface area contributed by atoms with E-state index in [0.717, 1.165) is 15.5 Å². The van der Waals surface area contributed by atoms with Gasteiger partial charge in [0.25, 0.3) is 11.8 Å². The molecule has 3 rings (SSSR count). The number of carbonyl (C=O) groups is 2. The molecule has 26 heavy (non-hydrogen) atoms. The fraction of sp³-hybridized carbons (Fsp3) is 0.368. The molecule has 0 aliphatic carbocycles. The highest BCUT2D eigenvalue weighted by Crippen LogP contribution is 2.19. The maximum Gasteiger partial charge on any atom is 0.277 e. The Hall–Kier alpha value is -1.89. The average Bonchev–Trinajstić information content (AvgIpc) is 3.20. The zero-order valence-corrected chi connectivity index (χ0v) is 16.3. The molecule has 1 fully saturated rings. The van der Waals surface area contributed by atoms with Gasteiger partial charge in [0, 0.05) is 36.8 Å². The second-order valence-corrected chi connectivity index (χ2v) is 7.76. The molecule has 138 valence electrons. The molecule has 2 aromatic rings. The number of carbonyl (C=O) groups excluding carboxylic acids is 2. The second-order valence-electron chi connectivity index (χ2n) is 6.40. The van der Waals surface area contributed by atoms with Crippen LogP contribution < -0.4 is 5.32 Å². The van der Waals surface area contributed by atoms with Crippen LogP contribution >= 0.6 is 22.9 Å². The van der Waals surface area contributed by atoms with Crippen LogP contribution in [0.2, 0.25) is 5.02 Å². The molecule has 0 saturated carbocycles. The summed E-state index contributed by atoms with van der Waals surface area (Å²) in [5.41, 5.74) is 1.04. The van der Waals surface area contributed by atoms with Gasteiger partial charge >= 0.3 is 0 Å². The van der Waals surface area contributed by atoms with Gasteiger partial charge in [-0.1, -0.05) is 35.9 Å². The lowest BCUT2D eigenvalue weighted by Gasteiger charge is -2.34. The number of benzene rings is 1. The molecule has 1 aliphatic heterocycles. The lowest BCUT2D eigenvalue weighted by molar-refractivity contribution is -0.683. The van der Waals surface area contributed by atoms with Crippen LogP contribution in [0, 0.1) is 0 Å². The van der Waals surface area contributed by atoms with Crippen LogP contribution in [0.3, 0.4) is 0 Å². The molecule has 5 nitrogen and oxygen atoms in total. The molecule has 2 amide bonds. The molecule has 1 saturated heterocycles. The molecule has 1 atom stereocenters. The van der Waals surface area contributed by atoms with E-state index in [1.807, 2.05) is 63.8 Å². The number of amides is 2. The zero-order chi connectivity index (χ0) is 18.5. The molecule has 2 heterocycles. The first-order chi connectivity index (χ1) is 12.6. The van der Waals surface area contributed by atoms with Crippen LogP contribution in [0.4, 0.5) is 0 Å². The first-order valence-electron chi connectivity index (χ1n) is 8.74. The van der Waals surface area contributed by atoms with Gasteiger partial charge in [-0.3, -0.25) is 9.59 Å². The van der Waals surface area contributed by atoms with Crippen LogP contribution in [0.1, 0.15) is 28.2 Å². The van der Waals surface area contributed by atoms with Crippen molar-refractivity contribution in [1.82, 2.24) is 9.80 Å². The second kappa shape index (κ2) is 8.66. The van der Waals surface area contributed by atoms with Crippen molar-refractivity contribution in [2.24, 2.45) is 0 Å². The van der Waals surface area contributed by atoms with Gasteiger partial charge in [0.1, 0.15) is 6.04 Å². The zero-order valence-electron chi connectivity index (χ0n) is 14.7. The molecule has 7 heteroatoms. The highest BCUT2D eigenvalue weighted by Gasteiger charge is 2.26. The van der Waals surface area contributed by atoms with Crippen LogP contribution in [0.5, 0.6) is 0 Å². The molecule has 0 unspecified atom stereocenters. The van der Waals surface area contributed by atoms with Crippen molar-refractivity contribution in [3.8, 4) is 0 Å². The van der Waals surface area contributed by atoms with Crippen LogP contribution in [-0.4, -0.2) is 54.3 Å². The van der Waals surface area contributed by atoms with Gasteiger partial charge in [0.15, 0.2) is 6.54 Å². The standard InChI is InChI=1S/C19H22ClN3O2S/c1-14(15-5-2-3-6-16(15)20)21-13-18(24)22-8-10-23(11-9-22)19(25)17-7-4-12-26-17/h2-7,12,14,21H,8-11,13H2,1H3/p+1/t14-/m1/s1. The van der Waals surface area contributed by atoms with E-state index < -0.39 is 0 Å². The minimum Gasteiger partial charge on any atom is -0.334 e. The number of rotatable bonds is 5. The predicted molar refractivity (Wildman–Crippen MR) is 103 cm³/mol. The van der Waals surface area contributed by atoms with Gasteiger partial charge in [0.2, 0.25) is 0 Å². The van der Waals surface area contributed by atoms with Gasteiger partial charge in [-0.2, -0.15) is 0 Å². The molecule has 0 radical (unpaired) electrons. The third kappa shape index (κ3) is 4.44.